The van der Waals surface area contributed by atoms with E-state index in [4.69, 9.17) is 5.73 Å². The van der Waals surface area contributed by atoms with Gasteiger partial charge in [0.2, 0.25) is 0 Å². The van der Waals surface area contributed by atoms with Gasteiger partial charge in [0.25, 0.3) is 0 Å². The maximum Gasteiger partial charge on any atom is 0.446 e. The molecule has 0 fully saturated rings. The van der Waals surface area contributed by atoms with Gasteiger partial charge in [-0.25, -0.2) is 10.0 Å². The van der Waals surface area contributed by atoms with Crippen LogP contribution in [0.1, 0.15) is 5.56 Å². The minimum Gasteiger partial charge on any atom is -0.316 e. The molecule has 0 spiro atoms. The molecular formula is C15H17N2O2+. The zero-order chi connectivity index (χ0) is 13.9. The van der Waals surface area contributed by atoms with Crippen molar-refractivity contribution in [2.45, 2.75) is 6.54 Å². The fourth-order valence-electron chi connectivity index (χ4n) is 1.87. The third-order valence-corrected chi connectivity index (χ3v) is 3.03. The summed E-state index contributed by atoms with van der Waals surface area (Å²) in [7, 11) is 1.37. The van der Waals surface area contributed by atoms with E-state index in [2.05, 4.69) is 0 Å². The fraction of sp³-hybridized carbons (Fsp3) is 0.133. The number of hydrogen-bond acceptors (Lipinski definition) is 2. The standard InChI is InChI=1S/C15H16N2O2/c1-17(19,15(16)18)11-12-7-9-14(10-8-12)13-5-3-2-4-6-13/h2-10,19H,11H2,1H3,(H-,16,18)/p+1. The van der Waals surface area contributed by atoms with Crippen LogP contribution in [0.2, 0.25) is 0 Å². The molecule has 0 heterocycles. The van der Waals surface area contributed by atoms with Crippen LogP contribution in [0.5, 0.6) is 0 Å². The molecule has 0 radical (unpaired) electrons. The Morgan fingerprint density at radius 3 is 2.11 bits per heavy atom. The van der Waals surface area contributed by atoms with Gasteiger partial charge >= 0.3 is 6.03 Å². The highest BCUT2D eigenvalue weighted by molar-refractivity contribution is 5.64. The monoisotopic (exact) mass is 257 g/mol. The normalized spacial score (nSPS) is 13.8. The topological polar surface area (TPSA) is 63.3 Å². The number of hydrogen-bond donors (Lipinski definition) is 2. The van der Waals surface area contributed by atoms with Gasteiger partial charge in [-0.3, -0.25) is 0 Å². The number of primary amides is 1. The molecule has 4 nitrogen and oxygen atoms in total. The second kappa shape index (κ2) is 5.22. The largest absolute Gasteiger partial charge is 0.446 e. The highest BCUT2D eigenvalue weighted by atomic mass is 16.6. The average Bonchev–Trinajstić information content (AvgIpc) is 2.40. The van der Waals surface area contributed by atoms with Gasteiger partial charge in [-0.05, 0) is 11.1 Å². The summed E-state index contributed by atoms with van der Waals surface area (Å²) in [6.07, 6.45) is 0. The summed E-state index contributed by atoms with van der Waals surface area (Å²) in [4.78, 5) is 11.1. The van der Waals surface area contributed by atoms with E-state index in [1.54, 1.807) is 0 Å². The van der Waals surface area contributed by atoms with Crippen molar-refractivity contribution >= 4 is 6.03 Å². The average molecular weight is 257 g/mol. The number of quaternary nitrogens is 1. The molecule has 3 N–H and O–H groups in total. The summed E-state index contributed by atoms with van der Waals surface area (Å²) < 4.78 is -0.843. The maximum absolute atomic E-state index is 11.1. The van der Waals surface area contributed by atoms with Crippen LogP contribution in [-0.2, 0) is 6.54 Å². The smallest absolute Gasteiger partial charge is 0.316 e. The van der Waals surface area contributed by atoms with E-state index in [0.29, 0.717) is 0 Å². The zero-order valence-electron chi connectivity index (χ0n) is 10.8. The molecule has 19 heavy (non-hydrogen) atoms. The first-order chi connectivity index (χ1) is 8.99. The Kier molecular flexibility index (Phi) is 3.64. The zero-order valence-corrected chi connectivity index (χ0v) is 10.8. The van der Waals surface area contributed by atoms with Crippen LogP contribution < -0.4 is 5.73 Å². The second-order valence-corrected chi connectivity index (χ2v) is 4.70. The van der Waals surface area contributed by atoms with Gasteiger partial charge in [0.15, 0.2) is 0 Å². The molecule has 2 amide bonds. The molecule has 4 heteroatoms. The van der Waals surface area contributed by atoms with E-state index >= 15 is 0 Å². The van der Waals surface area contributed by atoms with Crippen molar-refractivity contribution in [2.24, 2.45) is 5.73 Å². The molecule has 2 rings (SSSR count). The predicted octanol–water partition coefficient (Wildman–Crippen LogP) is 2.77. The van der Waals surface area contributed by atoms with Crippen molar-refractivity contribution in [3.05, 3.63) is 60.2 Å². The summed E-state index contributed by atoms with van der Waals surface area (Å²) in [5.41, 5.74) is 8.20. The lowest BCUT2D eigenvalue weighted by Crippen LogP contribution is -2.48. The van der Waals surface area contributed by atoms with Crippen molar-refractivity contribution in [1.29, 1.82) is 0 Å². The molecule has 98 valence electrons. The molecule has 1 unspecified atom stereocenters. The summed E-state index contributed by atoms with van der Waals surface area (Å²) in [6, 6.07) is 16.9. The number of benzene rings is 2. The Balaban J connectivity index is 2.18. The molecule has 0 aliphatic carbocycles. The highest BCUT2D eigenvalue weighted by Crippen LogP contribution is 2.20. The van der Waals surface area contributed by atoms with Gasteiger partial charge in [-0.1, -0.05) is 54.6 Å². The van der Waals surface area contributed by atoms with Crippen LogP contribution in [-0.4, -0.2) is 22.9 Å². The van der Waals surface area contributed by atoms with Crippen molar-refractivity contribution < 1.29 is 14.6 Å². The van der Waals surface area contributed by atoms with Gasteiger partial charge in [0, 0.05) is 5.56 Å². The predicted molar refractivity (Wildman–Crippen MR) is 73.1 cm³/mol. The maximum atomic E-state index is 11.1. The van der Waals surface area contributed by atoms with E-state index in [9.17, 15) is 10.0 Å². The minimum absolute atomic E-state index is 0.157. The van der Waals surface area contributed by atoms with Gasteiger partial charge in [-0.15, -0.1) is 4.65 Å². The van der Waals surface area contributed by atoms with E-state index in [-0.39, 0.29) is 6.54 Å². The molecule has 0 aliphatic rings. The summed E-state index contributed by atoms with van der Waals surface area (Å²) in [5.74, 6) is 0. The van der Waals surface area contributed by atoms with Gasteiger partial charge in [-0.2, -0.15) is 0 Å². The van der Waals surface area contributed by atoms with Crippen LogP contribution >= 0.6 is 0 Å². The molecule has 0 saturated carbocycles. The van der Waals surface area contributed by atoms with Crippen molar-refractivity contribution in [3.8, 4) is 11.1 Å². The van der Waals surface area contributed by atoms with Gasteiger partial charge in [0.1, 0.15) is 13.6 Å². The lowest BCUT2D eigenvalue weighted by atomic mass is 10.0. The lowest BCUT2D eigenvalue weighted by molar-refractivity contribution is -1.03. The number of rotatable bonds is 3. The van der Waals surface area contributed by atoms with Crippen LogP contribution in [0.3, 0.4) is 0 Å². The summed E-state index contributed by atoms with van der Waals surface area (Å²) in [6.45, 7) is 0.157. The van der Waals surface area contributed by atoms with Crippen molar-refractivity contribution in [3.63, 3.8) is 0 Å². The number of urea groups is 1. The summed E-state index contributed by atoms with van der Waals surface area (Å²) >= 11 is 0. The number of amides is 2. The summed E-state index contributed by atoms with van der Waals surface area (Å²) in [5, 5.41) is 9.79. The first-order valence-corrected chi connectivity index (χ1v) is 6.02. The van der Waals surface area contributed by atoms with E-state index in [1.807, 2.05) is 54.6 Å². The molecular weight excluding hydrogens is 240 g/mol. The van der Waals surface area contributed by atoms with E-state index < -0.39 is 10.7 Å². The van der Waals surface area contributed by atoms with Crippen LogP contribution in [0.15, 0.2) is 54.6 Å². The molecule has 0 aromatic heterocycles. The number of hydroxylamine groups is 3. The van der Waals surface area contributed by atoms with Crippen molar-refractivity contribution in [2.75, 3.05) is 7.05 Å². The minimum atomic E-state index is -0.843. The Bertz CT molecular complexity index is 562. The van der Waals surface area contributed by atoms with Crippen LogP contribution in [0.25, 0.3) is 11.1 Å². The highest BCUT2D eigenvalue weighted by Gasteiger charge is 2.27. The number of carbonyl (C=O) groups excluding carboxylic acids is 1. The Hall–Kier alpha value is -2.17. The van der Waals surface area contributed by atoms with Crippen LogP contribution in [0, 0.1) is 0 Å². The molecule has 0 bridgehead atoms. The Morgan fingerprint density at radius 2 is 1.58 bits per heavy atom. The number of nitrogens with zero attached hydrogens (tertiary/aromatic N) is 1. The SMILES string of the molecule is C[N+](O)(Cc1ccc(-c2ccccc2)cc1)C(N)=O. The first kappa shape index (κ1) is 13.3. The molecule has 2 aromatic carbocycles. The van der Waals surface area contributed by atoms with E-state index in [1.165, 1.54) is 7.05 Å². The van der Waals surface area contributed by atoms with E-state index in [0.717, 1.165) is 16.7 Å². The Labute approximate surface area is 112 Å². The molecule has 1 atom stereocenters. The first-order valence-electron chi connectivity index (χ1n) is 6.02. The third-order valence-electron chi connectivity index (χ3n) is 3.03. The van der Waals surface area contributed by atoms with Gasteiger partial charge < -0.3 is 5.73 Å². The van der Waals surface area contributed by atoms with Crippen LogP contribution in [0.4, 0.5) is 4.79 Å². The molecule has 0 aliphatic heterocycles. The van der Waals surface area contributed by atoms with Gasteiger partial charge in [0.05, 0.1) is 0 Å². The van der Waals surface area contributed by atoms with Crippen molar-refractivity contribution in [1.82, 2.24) is 0 Å². The molecule has 2 aromatic rings. The molecule has 0 saturated heterocycles. The third kappa shape index (κ3) is 3.19. The lowest BCUT2D eigenvalue weighted by Gasteiger charge is -2.19. The Morgan fingerprint density at radius 1 is 1.05 bits per heavy atom. The number of carbonyl (C=O) groups is 1. The number of nitrogens with two attached hydrogens (primary N) is 1. The second-order valence-electron chi connectivity index (χ2n) is 4.70. The fourth-order valence-corrected chi connectivity index (χ4v) is 1.87. The quantitative estimate of drug-likeness (QED) is 0.504.